The lowest BCUT2D eigenvalue weighted by Gasteiger charge is -2.17. The second-order valence-electron chi connectivity index (χ2n) is 3.84. The highest BCUT2D eigenvalue weighted by atomic mass is 35.5. The first-order valence-corrected chi connectivity index (χ1v) is 6.09. The van der Waals surface area contributed by atoms with Crippen LogP contribution in [-0.2, 0) is 0 Å². The molecule has 0 fully saturated rings. The van der Waals surface area contributed by atoms with Gasteiger partial charge in [-0.05, 0) is 30.3 Å². The Labute approximate surface area is 119 Å². The molecule has 1 heterocycles. The Kier molecular flexibility index (Phi) is 4.02. The summed E-state index contributed by atoms with van der Waals surface area (Å²) in [6.07, 6.45) is 1.34. The van der Waals surface area contributed by atoms with Crippen LogP contribution in [0.2, 0.25) is 10.2 Å². The number of carbonyl (C=O) groups excluding carboxylic acids is 1. The molecule has 0 saturated carbocycles. The molecule has 0 atom stereocenters. The van der Waals surface area contributed by atoms with Gasteiger partial charge in [0.15, 0.2) is 0 Å². The molecule has 0 bridgehead atoms. The fraction of sp³-hybridized carbons (Fsp3) is 0.0769. The van der Waals surface area contributed by atoms with E-state index in [0.717, 1.165) is 0 Å². The number of rotatable bonds is 2. The number of carbonyl (C=O) groups is 1. The van der Waals surface area contributed by atoms with Gasteiger partial charge in [-0.15, -0.1) is 0 Å². The van der Waals surface area contributed by atoms with Crippen molar-refractivity contribution in [3.05, 3.63) is 58.1 Å². The molecule has 2 aromatic rings. The highest BCUT2D eigenvalue weighted by Crippen LogP contribution is 2.22. The van der Waals surface area contributed by atoms with Gasteiger partial charge < -0.3 is 4.90 Å². The zero-order valence-electron chi connectivity index (χ0n) is 9.90. The summed E-state index contributed by atoms with van der Waals surface area (Å²) in [6, 6.07) is 7.04. The molecule has 0 saturated heterocycles. The minimum Gasteiger partial charge on any atom is -0.311 e. The molecule has 19 heavy (non-hydrogen) atoms. The van der Waals surface area contributed by atoms with Crippen LogP contribution in [0.15, 0.2) is 36.5 Å². The van der Waals surface area contributed by atoms with E-state index in [2.05, 4.69) is 4.98 Å². The van der Waals surface area contributed by atoms with Gasteiger partial charge in [-0.1, -0.05) is 23.2 Å². The van der Waals surface area contributed by atoms with E-state index in [1.54, 1.807) is 7.05 Å². The summed E-state index contributed by atoms with van der Waals surface area (Å²) >= 11 is 11.5. The third kappa shape index (κ3) is 3.03. The molecule has 0 spiro atoms. The summed E-state index contributed by atoms with van der Waals surface area (Å²) < 4.78 is 12.8. The van der Waals surface area contributed by atoms with Crippen molar-refractivity contribution >= 4 is 34.8 Å². The predicted molar refractivity (Wildman–Crippen MR) is 73.4 cm³/mol. The molecule has 0 aliphatic carbocycles. The summed E-state index contributed by atoms with van der Waals surface area (Å²) in [5.41, 5.74) is 0.874. The number of anilines is 1. The first-order valence-electron chi connectivity index (χ1n) is 5.33. The number of halogens is 3. The van der Waals surface area contributed by atoms with E-state index in [1.807, 2.05) is 0 Å². The number of nitrogens with zero attached hydrogens (tertiary/aromatic N) is 2. The Morgan fingerprint density at radius 1 is 1.26 bits per heavy atom. The van der Waals surface area contributed by atoms with E-state index in [1.165, 1.54) is 41.4 Å². The van der Waals surface area contributed by atoms with Crippen molar-refractivity contribution in [2.45, 2.75) is 0 Å². The molecular weight excluding hydrogens is 290 g/mol. The van der Waals surface area contributed by atoms with Crippen LogP contribution in [-0.4, -0.2) is 17.9 Å². The SMILES string of the molecule is CN(C(=O)c1cnc(Cl)c(Cl)c1)c1ccc(F)cc1. The van der Waals surface area contributed by atoms with Crippen molar-refractivity contribution in [2.75, 3.05) is 11.9 Å². The van der Waals surface area contributed by atoms with Crippen molar-refractivity contribution in [3.63, 3.8) is 0 Å². The van der Waals surface area contributed by atoms with Gasteiger partial charge in [0.1, 0.15) is 11.0 Å². The molecular formula is C13H9Cl2FN2O. The number of pyridine rings is 1. The molecule has 0 unspecified atom stereocenters. The molecule has 3 nitrogen and oxygen atoms in total. The lowest BCUT2D eigenvalue weighted by molar-refractivity contribution is 0.0992. The largest absolute Gasteiger partial charge is 0.311 e. The highest BCUT2D eigenvalue weighted by molar-refractivity contribution is 6.41. The standard InChI is InChI=1S/C13H9Cl2FN2O/c1-18(10-4-2-9(16)3-5-10)13(19)8-6-11(14)12(15)17-7-8/h2-7H,1H3. The molecule has 0 aliphatic heterocycles. The number of hydrogen-bond donors (Lipinski definition) is 0. The summed E-state index contributed by atoms with van der Waals surface area (Å²) in [5.74, 6) is -0.668. The minimum atomic E-state index is -0.360. The Balaban J connectivity index is 2.28. The van der Waals surface area contributed by atoms with Crippen molar-refractivity contribution in [3.8, 4) is 0 Å². The van der Waals surface area contributed by atoms with Gasteiger partial charge in [0.25, 0.3) is 5.91 Å². The van der Waals surface area contributed by atoms with Crippen LogP contribution in [0.5, 0.6) is 0 Å². The third-order valence-corrected chi connectivity index (χ3v) is 3.25. The molecule has 1 amide bonds. The van der Waals surface area contributed by atoms with E-state index in [9.17, 15) is 9.18 Å². The maximum atomic E-state index is 12.8. The fourth-order valence-electron chi connectivity index (χ4n) is 1.51. The van der Waals surface area contributed by atoms with Crippen LogP contribution in [0.1, 0.15) is 10.4 Å². The van der Waals surface area contributed by atoms with Crippen molar-refractivity contribution in [2.24, 2.45) is 0 Å². The zero-order chi connectivity index (χ0) is 14.0. The van der Waals surface area contributed by atoms with Crippen LogP contribution >= 0.6 is 23.2 Å². The summed E-state index contributed by atoms with van der Waals surface area (Å²) in [4.78, 5) is 17.4. The molecule has 1 aromatic heterocycles. The maximum absolute atomic E-state index is 12.8. The zero-order valence-corrected chi connectivity index (χ0v) is 11.4. The Morgan fingerprint density at radius 3 is 2.47 bits per heavy atom. The van der Waals surface area contributed by atoms with Crippen LogP contribution in [0.25, 0.3) is 0 Å². The first kappa shape index (κ1) is 13.8. The molecule has 6 heteroatoms. The summed E-state index contributed by atoms with van der Waals surface area (Å²) in [7, 11) is 1.58. The fourth-order valence-corrected chi connectivity index (χ4v) is 1.78. The lowest BCUT2D eigenvalue weighted by Crippen LogP contribution is -2.26. The van der Waals surface area contributed by atoms with Gasteiger partial charge in [0.05, 0.1) is 10.6 Å². The summed E-state index contributed by atoms with van der Waals surface area (Å²) in [6.45, 7) is 0. The average Bonchev–Trinajstić information content (AvgIpc) is 2.41. The van der Waals surface area contributed by atoms with Crippen molar-refractivity contribution in [1.29, 1.82) is 0 Å². The average molecular weight is 299 g/mol. The van der Waals surface area contributed by atoms with Crippen molar-refractivity contribution < 1.29 is 9.18 Å². The van der Waals surface area contributed by atoms with E-state index in [0.29, 0.717) is 11.3 Å². The van der Waals surface area contributed by atoms with Crippen molar-refractivity contribution in [1.82, 2.24) is 4.98 Å². The van der Waals surface area contributed by atoms with E-state index in [-0.39, 0.29) is 21.9 Å². The van der Waals surface area contributed by atoms with E-state index < -0.39 is 0 Å². The Bertz CT molecular complexity index is 617. The molecule has 0 N–H and O–H groups in total. The second kappa shape index (κ2) is 5.55. The molecule has 0 aliphatic rings. The monoisotopic (exact) mass is 298 g/mol. The number of hydrogen-bond acceptors (Lipinski definition) is 2. The van der Waals surface area contributed by atoms with Gasteiger partial charge in [-0.2, -0.15) is 0 Å². The van der Waals surface area contributed by atoms with Gasteiger partial charge in [-0.25, -0.2) is 9.37 Å². The number of aromatic nitrogens is 1. The first-order chi connectivity index (χ1) is 8.99. The van der Waals surface area contributed by atoms with Gasteiger partial charge in [0, 0.05) is 18.9 Å². The van der Waals surface area contributed by atoms with Crippen LogP contribution in [0.4, 0.5) is 10.1 Å². The van der Waals surface area contributed by atoms with E-state index in [4.69, 9.17) is 23.2 Å². The van der Waals surface area contributed by atoms with Crippen LogP contribution in [0, 0.1) is 5.82 Å². The highest BCUT2D eigenvalue weighted by Gasteiger charge is 2.15. The molecule has 0 radical (unpaired) electrons. The predicted octanol–water partition coefficient (Wildman–Crippen LogP) is 3.80. The van der Waals surface area contributed by atoms with E-state index >= 15 is 0 Å². The Hall–Kier alpha value is -1.65. The molecule has 98 valence electrons. The molecule has 1 aromatic carbocycles. The van der Waals surface area contributed by atoms with Gasteiger partial charge in [-0.3, -0.25) is 4.79 Å². The second-order valence-corrected chi connectivity index (χ2v) is 4.60. The number of benzene rings is 1. The lowest BCUT2D eigenvalue weighted by atomic mass is 10.2. The van der Waals surface area contributed by atoms with Gasteiger partial charge >= 0.3 is 0 Å². The topological polar surface area (TPSA) is 33.2 Å². The van der Waals surface area contributed by atoms with Crippen LogP contribution < -0.4 is 4.90 Å². The number of amides is 1. The Morgan fingerprint density at radius 2 is 1.89 bits per heavy atom. The van der Waals surface area contributed by atoms with Gasteiger partial charge in [0.2, 0.25) is 0 Å². The normalized spacial score (nSPS) is 10.3. The maximum Gasteiger partial charge on any atom is 0.259 e. The molecule has 2 rings (SSSR count). The quantitative estimate of drug-likeness (QED) is 0.790. The van der Waals surface area contributed by atoms with Crippen LogP contribution in [0.3, 0.4) is 0 Å². The summed E-state index contributed by atoms with van der Waals surface area (Å²) in [5, 5.41) is 0.350. The smallest absolute Gasteiger partial charge is 0.259 e. The minimum absolute atomic E-state index is 0.141. The third-order valence-electron chi connectivity index (χ3n) is 2.56.